The van der Waals surface area contributed by atoms with Gasteiger partial charge in [-0.15, -0.1) is 0 Å². The highest BCUT2D eigenvalue weighted by atomic mass is 16.7. The molecule has 0 amide bonds. The minimum absolute atomic E-state index is 0.160. The molecule has 0 bridgehead atoms. The van der Waals surface area contributed by atoms with Crippen molar-refractivity contribution >= 4 is 11.9 Å². The van der Waals surface area contributed by atoms with Crippen LogP contribution in [0.1, 0.15) is 206 Å². The van der Waals surface area contributed by atoms with Crippen LogP contribution in [-0.4, -0.2) is 142 Å². The van der Waals surface area contributed by atoms with E-state index in [9.17, 15) is 45.3 Å². The lowest BCUT2D eigenvalue weighted by Gasteiger charge is -2.42. The number of aliphatic hydroxyl groups is 7. The SMILES string of the molecule is CCCCCC/C=C/C=C/CCCCCCCC(=O)OC[C@H](CO[C@H]1O[C@@H](CO[C@H]2O[C@@H](CO)[C@@H](O)C(O)C2O)[C@@H](O)C(O)C1O)OC(=O)CCCCCCCCCCC/C=C/CCCCCCCC. The van der Waals surface area contributed by atoms with Gasteiger partial charge in [0.2, 0.25) is 0 Å². The molecule has 7 N–H and O–H groups in total. The third kappa shape index (κ3) is 29.4. The standard InChI is InChI=1S/C55H98O15/c1-3-5-7-9-11-13-15-17-19-20-21-22-24-26-28-30-32-34-36-38-47(58)68-43(40-65-46(57)37-35-33-31-29-27-25-23-18-16-14-12-10-8-6-4-2)41-66-54-53(64)51(62)49(60)45(70-54)42-67-55-52(63)50(61)48(59)44(39-56)69-55/h14,16-19,23,43-45,48-56,59-64H,3-13,15,20-22,24-42H2,1-2H3/b16-14+,19-17+,23-18+/t43-,44+,45+,48-,49-,50?,51?,52?,53?,54+,55+/m1/s1. The molecule has 11 atom stereocenters. The number of carbonyl (C=O) groups is 2. The summed E-state index contributed by atoms with van der Waals surface area (Å²) >= 11 is 0. The van der Waals surface area contributed by atoms with E-state index in [2.05, 4.69) is 50.3 Å². The van der Waals surface area contributed by atoms with Crippen LogP contribution in [0.4, 0.5) is 0 Å². The minimum Gasteiger partial charge on any atom is -0.462 e. The van der Waals surface area contributed by atoms with Crippen LogP contribution < -0.4 is 0 Å². The number of unbranched alkanes of at least 4 members (excludes halogenated alkanes) is 24. The summed E-state index contributed by atoms with van der Waals surface area (Å²) < 4.78 is 33.6. The normalized spacial score (nSPS) is 25.6. The lowest BCUT2D eigenvalue weighted by Crippen LogP contribution is -2.61. The summed E-state index contributed by atoms with van der Waals surface area (Å²) in [4.78, 5) is 25.8. The van der Waals surface area contributed by atoms with Crippen LogP contribution in [-0.2, 0) is 38.0 Å². The van der Waals surface area contributed by atoms with Crippen LogP contribution in [0.25, 0.3) is 0 Å². The van der Waals surface area contributed by atoms with Gasteiger partial charge in [0.1, 0.15) is 55.4 Å². The Hall–Kier alpha value is -2.28. The van der Waals surface area contributed by atoms with Gasteiger partial charge in [0.15, 0.2) is 18.7 Å². The molecule has 2 rings (SSSR count). The van der Waals surface area contributed by atoms with E-state index in [1.807, 2.05) is 0 Å². The molecule has 2 saturated heterocycles. The maximum Gasteiger partial charge on any atom is 0.306 e. The molecule has 2 aliphatic heterocycles. The quantitative estimate of drug-likeness (QED) is 0.0131. The van der Waals surface area contributed by atoms with Crippen LogP contribution in [0.5, 0.6) is 0 Å². The lowest BCUT2D eigenvalue weighted by molar-refractivity contribution is -0.332. The van der Waals surface area contributed by atoms with E-state index >= 15 is 0 Å². The number of hydrogen-bond acceptors (Lipinski definition) is 15. The minimum atomic E-state index is -1.77. The van der Waals surface area contributed by atoms with Gasteiger partial charge in [-0.2, -0.15) is 0 Å². The van der Waals surface area contributed by atoms with Crippen molar-refractivity contribution in [3.63, 3.8) is 0 Å². The van der Waals surface area contributed by atoms with Crippen LogP contribution in [0.3, 0.4) is 0 Å². The van der Waals surface area contributed by atoms with E-state index in [0.717, 1.165) is 64.2 Å². The number of allylic oxidation sites excluding steroid dienone is 6. The van der Waals surface area contributed by atoms with Crippen molar-refractivity contribution in [3.05, 3.63) is 36.5 Å². The number of rotatable bonds is 43. The zero-order valence-corrected chi connectivity index (χ0v) is 43.3. The fraction of sp³-hybridized carbons (Fsp3) is 0.855. The molecular weight excluding hydrogens is 901 g/mol. The highest BCUT2D eigenvalue weighted by molar-refractivity contribution is 5.70. The predicted octanol–water partition coefficient (Wildman–Crippen LogP) is 8.49. The number of ether oxygens (including phenoxy) is 6. The van der Waals surface area contributed by atoms with Gasteiger partial charge in [-0.3, -0.25) is 9.59 Å². The molecule has 0 radical (unpaired) electrons. The fourth-order valence-corrected chi connectivity index (χ4v) is 8.56. The van der Waals surface area contributed by atoms with Crippen molar-refractivity contribution in [2.24, 2.45) is 0 Å². The van der Waals surface area contributed by atoms with Gasteiger partial charge in [-0.1, -0.05) is 166 Å². The molecule has 0 aliphatic carbocycles. The molecule has 15 nitrogen and oxygen atoms in total. The first kappa shape index (κ1) is 63.8. The average Bonchev–Trinajstić information content (AvgIpc) is 3.35. The molecule has 2 fully saturated rings. The molecular formula is C55H98O15. The van der Waals surface area contributed by atoms with Crippen molar-refractivity contribution < 1.29 is 73.8 Å². The molecule has 2 aliphatic rings. The van der Waals surface area contributed by atoms with Crippen LogP contribution in [0.15, 0.2) is 36.5 Å². The van der Waals surface area contributed by atoms with E-state index < -0.39 is 92.7 Å². The Kier molecular flexibility index (Phi) is 38.4. The Morgan fingerprint density at radius 3 is 1.36 bits per heavy atom. The second-order valence-corrected chi connectivity index (χ2v) is 19.4. The lowest BCUT2D eigenvalue weighted by atomic mass is 9.98. The summed E-state index contributed by atoms with van der Waals surface area (Å²) in [5.41, 5.74) is 0. The monoisotopic (exact) mass is 999 g/mol. The Morgan fingerprint density at radius 2 is 0.857 bits per heavy atom. The zero-order chi connectivity index (χ0) is 51.0. The maximum absolute atomic E-state index is 13.0. The predicted molar refractivity (Wildman–Crippen MR) is 270 cm³/mol. The molecule has 408 valence electrons. The molecule has 0 aromatic heterocycles. The smallest absolute Gasteiger partial charge is 0.306 e. The van der Waals surface area contributed by atoms with Crippen LogP contribution in [0, 0.1) is 0 Å². The molecule has 70 heavy (non-hydrogen) atoms. The van der Waals surface area contributed by atoms with E-state index in [1.165, 1.54) is 103 Å². The first-order chi connectivity index (χ1) is 34.0. The van der Waals surface area contributed by atoms with Crippen LogP contribution in [0.2, 0.25) is 0 Å². The molecule has 0 saturated carbocycles. The molecule has 0 aromatic carbocycles. The Labute approximate surface area is 421 Å². The summed E-state index contributed by atoms with van der Waals surface area (Å²) in [5.74, 6) is -0.940. The number of esters is 2. The van der Waals surface area contributed by atoms with E-state index in [4.69, 9.17) is 28.4 Å². The largest absolute Gasteiger partial charge is 0.462 e. The first-order valence-electron chi connectivity index (χ1n) is 27.6. The van der Waals surface area contributed by atoms with Crippen molar-refractivity contribution in [1.29, 1.82) is 0 Å². The summed E-state index contributed by atoms with van der Waals surface area (Å²) in [5, 5.41) is 72.2. The number of aliphatic hydroxyl groups excluding tert-OH is 7. The molecule has 2 heterocycles. The summed E-state index contributed by atoms with van der Waals surface area (Å²) in [7, 11) is 0. The number of carbonyl (C=O) groups excluding carboxylic acids is 2. The Balaban J connectivity index is 1.78. The molecule has 0 spiro atoms. The van der Waals surface area contributed by atoms with Crippen molar-refractivity contribution in [2.75, 3.05) is 26.4 Å². The third-order valence-corrected chi connectivity index (χ3v) is 13.1. The second kappa shape index (κ2) is 42.1. The molecule has 15 heteroatoms. The maximum atomic E-state index is 13.0. The first-order valence-corrected chi connectivity index (χ1v) is 27.6. The van der Waals surface area contributed by atoms with E-state index in [-0.39, 0.29) is 26.1 Å². The van der Waals surface area contributed by atoms with Gasteiger partial charge in [-0.25, -0.2) is 0 Å². The van der Waals surface area contributed by atoms with Gasteiger partial charge >= 0.3 is 11.9 Å². The molecule has 0 aromatic rings. The van der Waals surface area contributed by atoms with Gasteiger partial charge in [0, 0.05) is 12.8 Å². The second-order valence-electron chi connectivity index (χ2n) is 19.4. The van der Waals surface area contributed by atoms with Gasteiger partial charge in [-0.05, 0) is 64.2 Å². The van der Waals surface area contributed by atoms with Crippen molar-refractivity contribution in [1.82, 2.24) is 0 Å². The van der Waals surface area contributed by atoms with Crippen molar-refractivity contribution in [3.8, 4) is 0 Å². The topological polar surface area (TPSA) is 231 Å². The Bertz CT molecular complexity index is 1360. The number of hydrogen-bond donors (Lipinski definition) is 7. The highest BCUT2D eigenvalue weighted by Crippen LogP contribution is 2.26. The van der Waals surface area contributed by atoms with E-state index in [1.54, 1.807) is 0 Å². The summed E-state index contributed by atoms with van der Waals surface area (Å²) in [6, 6.07) is 0. The third-order valence-electron chi connectivity index (χ3n) is 13.1. The summed E-state index contributed by atoms with van der Waals surface area (Å²) in [6.07, 6.45) is 28.8. The van der Waals surface area contributed by atoms with Gasteiger partial charge in [0.25, 0.3) is 0 Å². The van der Waals surface area contributed by atoms with Gasteiger partial charge in [0.05, 0.1) is 19.8 Å². The fourth-order valence-electron chi connectivity index (χ4n) is 8.56. The summed E-state index contributed by atoms with van der Waals surface area (Å²) in [6.45, 7) is 2.56. The van der Waals surface area contributed by atoms with E-state index in [0.29, 0.717) is 12.8 Å². The van der Waals surface area contributed by atoms with Crippen LogP contribution >= 0.6 is 0 Å². The highest BCUT2D eigenvalue weighted by Gasteiger charge is 2.47. The van der Waals surface area contributed by atoms with Crippen molar-refractivity contribution in [2.45, 2.75) is 274 Å². The Morgan fingerprint density at radius 1 is 0.457 bits per heavy atom. The van der Waals surface area contributed by atoms with Gasteiger partial charge < -0.3 is 64.2 Å². The zero-order valence-electron chi connectivity index (χ0n) is 43.3. The molecule has 4 unspecified atom stereocenters. The average molecular weight is 999 g/mol.